The van der Waals surface area contributed by atoms with Crippen LogP contribution in [-0.2, 0) is 4.79 Å². The zero-order valence-electron chi connectivity index (χ0n) is 20.9. The second-order valence-electron chi connectivity index (χ2n) is 10.9. The maximum Gasteiger partial charge on any atom is 1.00 e. The number of hydrogen-bond acceptors (Lipinski definition) is 3. The van der Waals surface area contributed by atoms with E-state index < -0.39 is 0 Å². The summed E-state index contributed by atoms with van der Waals surface area (Å²) in [5, 5.41) is 7.86. The second-order valence-corrected chi connectivity index (χ2v) is 10.9. The third-order valence-corrected chi connectivity index (χ3v) is 9.04. The molecule has 0 spiro atoms. The molecule has 4 rings (SSSR count). The van der Waals surface area contributed by atoms with Crippen LogP contribution in [0.3, 0.4) is 0 Å². The molecule has 7 atom stereocenters. The molecule has 4 fully saturated rings. The van der Waals surface area contributed by atoms with E-state index in [1.54, 1.807) is 0 Å². The Kier molecular flexibility index (Phi) is 12.3. The molecule has 32 heavy (non-hydrogen) atoms. The van der Waals surface area contributed by atoms with Gasteiger partial charge in [0, 0.05) is 12.0 Å². The van der Waals surface area contributed by atoms with Gasteiger partial charge >= 0.3 is 29.6 Å². The van der Waals surface area contributed by atoms with E-state index in [-0.39, 0.29) is 41.5 Å². The van der Waals surface area contributed by atoms with E-state index in [0.717, 1.165) is 62.8 Å². The summed E-state index contributed by atoms with van der Waals surface area (Å²) in [6.07, 6.45) is 18.3. The van der Waals surface area contributed by atoms with Crippen molar-refractivity contribution in [3.63, 3.8) is 0 Å². The zero-order chi connectivity index (χ0) is 22.4. The fraction of sp³-hybridized carbons (Fsp3) is 0.852. The van der Waals surface area contributed by atoms with Crippen LogP contribution in [0.25, 0.3) is 0 Å². The van der Waals surface area contributed by atoms with Gasteiger partial charge in [-0.3, -0.25) is 5.41 Å². The Hall–Kier alpha value is 0.1000. The average Bonchev–Trinajstić information content (AvgIpc) is 3.15. The molecule has 4 nitrogen and oxygen atoms in total. The molecule has 3 aliphatic carbocycles. The smallest absolute Gasteiger partial charge is 0.540 e. The molecule has 3 N–H and O–H groups in total. The molecule has 0 bridgehead atoms. The maximum atomic E-state index is 11.7. The molecule has 178 valence electrons. The average molecular weight is 452 g/mol. The predicted octanol–water partition coefficient (Wildman–Crippen LogP) is 2.57. The Balaban J connectivity index is 0.000000461. The van der Waals surface area contributed by atoms with Gasteiger partial charge in [0.05, 0.1) is 5.84 Å². The van der Waals surface area contributed by atoms with Crippen LogP contribution in [0.5, 0.6) is 0 Å². The van der Waals surface area contributed by atoms with Crippen LogP contribution in [0.2, 0.25) is 0 Å². The van der Waals surface area contributed by atoms with E-state index in [2.05, 4.69) is 32.0 Å². The Morgan fingerprint density at radius 1 is 1.03 bits per heavy atom. The van der Waals surface area contributed by atoms with Gasteiger partial charge in [0.25, 0.3) is 0 Å². The van der Waals surface area contributed by atoms with Crippen LogP contribution in [0.15, 0.2) is 0 Å². The first-order chi connectivity index (χ1) is 15.0. The minimum Gasteiger partial charge on any atom is -0.540 e. The van der Waals surface area contributed by atoms with Gasteiger partial charge in [-0.25, -0.2) is 6.29 Å². The van der Waals surface area contributed by atoms with Crippen molar-refractivity contribution in [1.29, 1.82) is 5.41 Å². The number of hydrogen-bond donors (Lipinski definition) is 2. The SMILES string of the molecule is N=C(N)C1CCC2CC([C-]=O)N(CC3CCCC4CCCCC43)C2C1.[CH2-]CC(C)C[CH2-].[Na+]. The summed E-state index contributed by atoms with van der Waals surface area (Å²) in [6.45, 7) is 10.7. The van der Waals surface area contributed by atoms with Crippen molar-refractivity contribution in [1.82, 2.24) is 4.90 Å². The van der Waals surface area contributed by atoms with Gasteiger partial charge in [0.15, 0.2) is 0 Å². The number of likely N-dealkylation sites (tertiary alicyclic amines) is 1. The molecular weight excluding hydrogens is 405 g/mol. The molecule has 0 aromatic rings. The minimum atomic E-state index is -0.00956. The number of nitrogens with one attached hydrogen (secondary N) is 1. The normalized spacial score (nSPS) is 36.8. The fourth-order valence-corrected chi connectivity index (χ4v) is 6.92. The van der Waals surface area contributed by atoms with Crippen molar-refractivity contribution >= 4 is 12.1 Å². The summed E-state index contributed by atoms with van der Waals surface area (Å²) >= 11 is 0. The standard InChI is InChI=1S/C21H34N3O.C6H12.Na/c22-21(23)16-9-8-15-10-18(13-25)24(20(15)11-16)12-17-6-3-5-14-4-1-2-7-19(14)17;1-4-6(3)5-2;/h14-20H,1-12H2,(H3,22,23);6H,1-2,4-5H2,3H3;/q-1;-2;+1. The van der Waals surface area contributed by atoms with Crippen molar-refractivity contribution in [3.8, 4) is 0 Å². The minimum absolute atomic E-state index is 0. The van der Waals surface area contributed by atoms with Crippen LogP contribution in [0, 0.1) is 54.8 Å². The summed E-state index contributed by atoms with van der Waals surface area (Å²) in [4.78, 5) is 14.2. The van der Waals surface area contributed by atoms with E-state index in [4.69, 9.17) is 11.1 Å². The van der Waals surface area contributed by atoms with Crippen molar-refractivity contribution in [2.24, 2.45) is 41.2 Å². The van der Waals surface area contributed by atoms with E-state index in [1.165, 1.54) is 44.9 Å². The Morgan fingerprint density at radius 2 is 1.72 bits per heavy atom. The molecule has 0 aromatic heterocycles. The van der Waals surface area contributed by atoms with Crippen molar-refractivity contribution < 1.29 is 34.4 Å². The Labute approximate surface area is 220 Å². The van der Waals surface area contributed by atoms with Gasteiger partial charge in [-0.15, -0.1) is 0 Å². The van der Waals surface area contributed by atoms with Crippen LogP contribution >= 0.6 is 0 Å². The largest absolute Gasteiger partial charge is 1.00 e. The fourth-order valence-electron chi connectivity index (χ4n) is 6.92. The number of nitrogens with two attached hydrogens (primary N) is 1. The van der Waals surface area contributed by atoms with Gasteiger partial charge in [-0.05, 0) is 62.3 Å². The van der Waals surface area contributed by atoms with Gasteiger partial charge in [0.2, 0.25) is 0 Å². The molecule has 0 aromatic carbocycles. The van der Waals surface area contributed by atoms with Gasteiger partial charge < -0.3 is 29.3 Å². The number of rotatable bonds is 6. The number of nitrogens with zero attached hydrogens (tertiary/aromatic N) is 1. The van der Waals surface area contributed by atoms with Gasteiger partial charge in [-0.2, -0.15) is 12.8 Å². The molecule has 0 amide bonds. The first-order valence-electron chi connectivity index (χ1n) is 13.0. The molecule has 1 saturated heterocycles. The first kappa shape index (κ1) is 28.3. The van der Waals surface area contributed by atoms with Crippen LogP contribution in [-0.4, -0.2) is 35.7 Å². The van der Waals surface area contributed by atoms with Gasteiger partial charge in [-0.1, -0.05) is 57.4 Å². The predicted molar refractivity (Wildman–Crippen MR) is 129 cm³/mol. The van der Waals surface area contributed by atoms with E-state index in [9.17, 15) is 4.79 Å². The Morgan fingerprint density at radius 3 is 2.34 bits per heavy atom. The van der Waals surface area contributed by atoms with E-state index in [1.807, 2.05) is 0 Å². The third-order valence-electron chi connectivity index (χ3n) is 9.04. The van der Waals surface area contributed by atoms with Crippen LogP contribution < -0.4 is 35.3 Å². The molecule has 5 heteroatoms. The number of carbonyl (C=O) groups excluding carboxylic acids is 1. The third kappa shape index (κ3) is 7.06. The van der Waals surface area contributed by atoms with Crippen LogP contribution in [0.1, 0.15) is 90.4 Å². The number of amidine groups is 1. The summed E-state index contributed by atoms with van der Waals surface area (Å²) in [7, 11) is 0. The summed E-state index contributed by atoms with van der Waals surface area (Å²) in [5.41, 5.74) is 5.82. The Bertz CT molecular complexity index is 579. The zero-order valence-corrected chi connectivity index (χ0v) is 22.9. The van der Waals surface area contributed by atoms with Crippen molar-refractivity contribution in [2.45, 2.75) is 102 Å². The molecule has 3 saturated carbocycles. The quantitative estimate of drug-likeness (QED) is 0.282. The first-order valence-corrected chi connectivity index (χ1v) is 13.0. The molecule has 4 aliphatic rings. The molecule has 1 heterocycles. The molecule has 0 radical (unpaired) electrons. The molecule has 1 aliphatic heterocycles. The molecular formula is C27H46N3NaO-2. The monoisotopic (exact) mass is 451 g/mol. The van der Waals surface area contributed by atoms with E-state index >= 15 is 0 Å². The van der Waals surface area contributed by atoms with Crippen LogP contribution in [0.4, 0.5) is 0 Å². The maximum absolute atomic E-state index is 11.7. The van der Waals surface area contributed by atoms with Crippen molar-refractivity contribution in [3.05, 3.63) is 13.8 Å². The molecule has 7 unspecified atom stereocenters. The van der Waals surface area contributed by atoms with E-state index in [0.29, 0.717) is 23.7 Å². The summed E-state index contributed by atoms with van der Waals surface area (Å²) in [6, 6.07) is 0.447. The van der Waals surface area contributed by atoms with Crippen molar-refractivity contribution in [2.75, 3.05) is 6.54 Å². The topological polar surface area (TPSA) is 70.2 Å². The number of fused-ring (bicyclic) bond motifs is 2. The summed E-state index contributed by atoms with van der Waals surface area (Å²) < 4.78 is 0. The van der Waals surface area contributed by atoms with Gasteiger partial charge in [0.1, 0.15) is 0 Å². The summed E-state index contributed by atoms with van der Waals surface area (Å²) in [5.74, 6) is 4.51. The second kappa shape index (κ2) is 13.9.